The van der Waals surface area contributed by atoms with Gasteiger partial charge in [-0.05, 0) is 23.3 Å². The van der Waals surface area contributed by atoms with Crippen molar-refractivity contribution in [3.05, 3.63) is 106 Å². The van der Waals surface area contributed by atoms with Crippen LogP contribution in [0.5, 0.6) is 0 Å². The van der Waals surface area contributed by atoms with Crippen molar-refractivity contribution in [2.45, 2.75) is 23.1 Å². The maximum atomic E-state index is 13.9. The second-order valence-electron chi connectivity index (χ2n) is 7.96. The van der Waals surface area contributed by atoms with Gasteiger partial charge >= 0.3 is 12.4 Å². The zero-order valence-corrected chi connectivity index (χ0v) is 20.7. The van der Waals surface area contributed by atoms with Crippen LogP contribution in [-0.2, 0) is 0 Å². The standard InChI is InChI=1S/C26H16F6N4S2/c27-25(28,29)19-11-21(15-7-3-1-4-8-15)35-23(17(19)13-33)37-38-24-18(14-34)20(26(30,31)32)12-22(36-24)16-9-5-2-6-10-16/h1-12,23-24,35-36H. The van der Waals surface area contributed by atoms with Crippen LogP contribution in [0.25, 0.3) is 11.4 Å². The zero-order chi connectivity index (χ0) is 27.5. The summed E-state index contributed by atoms with van der Waals surface area (Å²) < 4.78 is 83.3. The van der Waals surface area contributed by atoms with Gasteiger partial charge in [-0.2, -0.15) is 36.9 Å². The molecule has 0 saturated carbocycles. The number of nitrogens with one attached hydrogen (secondary N) is 2. The highest BCUT2D eigenvalue weighted by Crippen LogP contribution is 2.45. The Labute approximate surface area is 221 Å². The smallest absolute Gasteiger partial charge is 0.368 e. The molecule has 2 heterocycles. The minimum absolute atomic E-state index is 0.100. The number of alkyl halides is 6. The number of rotatable bonds is 5. The number of nitrogens with zero attached hydrogens (tertiary/aromatic N) is 2. The summed E-state index contributed by atoms with van der Waals surface area (Å²) >= 11 is 0. The van der Waals surface area contributed by atoms with Crippen molar-refractivity contribution in [2.75, 3.05) is 0 Å². The SMILES string of the molecule is N#CC1=C(C(F)(F)F)C=C(c2ccccc2)NC1SSC1NC(c2ccccc2)=CC(C(F)(F)F)=C1C#N. The molecule has 2 aliphatic heterocycles. The highest BCUT2D eigenvalue weighted by atomic mass is 33.1. The molecule has 4 nitrogen and oxygen atoms in total. The molecule has 0 saturated heterocycles. The lowest BCUT2D eigenvalue weighted by Gasteiger charge is -2.31. The molecule has 0 aliphatic carbocycles. The van der Waals surface area contributed by atoms with Crippen LogP contribution in [-0.4, -0.2) is 23.1 Å². The molecule has 0 bridgehead atoms. The monoisotopic (exact) mass is 562 g/mol. The second-order valence-corrected chi connectivity index (χ2v) is 10.4. The van der Waals surface area contributed by atoms with Crippen molar-refractivity contribution < 1.29 is 26.3 Å². The summed E-state index contributed by atoms with van der Waals surface area (Å²) in [5, 5.41) is 22.4. The van der Waals surface area contributed by atoms with E-state index in [1.54, 1.807) is 72.8 Å². The van der Waals surface area contributed by atoms with E-state index in [0.29, 0.717) is 11.1 Å². The Morgan fingerprint density at radius 1 is 0.605 bits per heavy atom. The van der Waals surface area contributed by atoms with Crippen molar-refractivity contribution in [3.63, 3.8) is 0 Å². The van der Waals surface area contributed by atoms with E-state index >= 15 is 0 Å². The Hall–Kier alpha value is -3.74. The predicted molar refractivity (Wildman–Crippen MR) is 135 cm³/mol. The highest BCUT2D eigenvalue weighted by molar-refractivity contribution is 8.77. The number of dihydropyridines is 2. The molecule has 0 amide bonds. The highest BCUT2D eigenvalue weighted by Gasteiger charge is 2.42. The van der Waals surface area contributed by atoms with Gasteiger partial charge in [-0.1, -0.05) is 82.3 Å². The topological polar surface area (TPSA) is 71.6 Å². The molecule has 2 aliphatic rings. The third-order valence-corrected chi connectivity index (χ3v) is 8.22. The molecule has 2 atom stereocenters. The van der Waals surface area contributed by atoms with Gasteiger partial charge in [0.25, 0.3) is 0 Å². The van der Waals surface area contributed by atoms with E-state index in [0.717, 1.165) is 33.7 Å². The van der Waals surface area contributed by atoms with Crippen LogP contribution in [0.3, 0.4) is 0 Å². The Balaban J connectivity index is 1.69. The normalized spacial score (nSPS) is 20.0. The number of nitriles is 2. The minimum atomic E-state index is -4.84. The lowest BCUT2D eigenvalue weighted by atomic mass is 10.00. The van der Waals surface area contributed by atoms with Gasteiger partial charge in [-0.3, -0.25) is 0 Å². The fraction of sp³-hybridized carbons (Fsp3) is 0.154. The summed E-state index contributed by atoms with van der Waals surface area (Å²) in [6.07, 6.45) is -8.01. The first-order chi connectivity index (χ1) is 18.0. The first-order valence-corrected chi connectivity index (χ1v) is 13.1. The molecule has 194 valence electrons. The number of benzene rings is 2. The summed E-state index contributed by atoms with van der Waals surface area (Å²) in [4.78, 5) is 0. The van der Waals surface area contributed by atoms with E-state index in [4.69, 9.17) is 0 Å². The molecule has 4 rings (SSSR count). The minimum Gasteiger partial charge on any atom is -0.368 e. The summed E-state index contributed by atoms with van der Waals surface area (Å²) in [5.41, 5.74) is -2.47. The molecule has 2 unspecified atom stereocenters. The van der Waals surface area contributed by atoms with Crippen molar-refractivity contribution in [2.24, 2.45) is 0 Å². The molecule has 0 radical (unpaired) electrons. The molecule has 0 aromatic heterocycles. The van der Waals surface area contributed by atoms with E-state index in [1.807, 2.05) is 0 Å². The third kappa shape index (κ3) is 5.87. The molecule has 2 N–H and O–H groups in total. The quantitative estimate of drug-likeness (QED) is 0.300. The van der Waals surface area contributed by atoms with Gasteiger partial charge in [0.05, 0.1) is 34.4 Å². The molecular formula is C26H16F6N4S2. The van der Waals surface area contributed by atoms with Crippen molar-refractivity contribution >= 4 is 33.0 Å². The maximum Gasteiger partial charge on any atom is 0.417 e. The molecule has 2 aromatic carbocycles. The number of hydrogen-bond donors (Lipinski definition) is 2. The summed E-state index contributed by atoms with van der Waals surface area (Å²) in [6.45, 7) is 0. The largest absolute Gasteiger partial charge is 0.417 e. The number of halogens is 6. The van der Waals surface area contributed by atoms with Crippen LogP contribution in [0.4, 0.5) is 26.3 Å². The van der Waals surface area contributed by atoms with Gasteiger partial charge in [0.2, 0.25) is 0 Å². The Morgan fingerprint density at radius 2 is 0.947 bits per heavy atom. The Morgan fingerprint density at radius 3 is 1.24 bits per heavy atom. The molecule has 0 spiro atoms. The molecule has 2 aromatic rings. The van der Waals surface area contributed by atoms with Gasteiger partial charge in [0, 0.05) is 11.4 Å². The van der Waals surface area contributed by atoms with E-state index in [2.05, 4.69) is 10.6 Å². The second kappa shape index (κ2) is 10.9. The first kappa shape index (κ1) is 27.3. The van der Waals surface area contributed by atoms with Crippen molar-refractivity contribution in [3.8, 4) is 12.1 Å². The van der Waals surface area contributed by atoms with E-state index in [-0.39, 0.29) is 11.4 Å². The average Bonchev–Trinajstić information content (AvgIpc) is 2.90. The molecule has 12 heteroatoms. The fourth-order valence-corrected chi connectivity index (χ4v) is 6.42. The van der Waals surface area contributed by atoms with Gasteiger partial charge in [0.15, 0.2) is 0 Å². The molecule has 38 heavy (non-hydrogen) atoms. The summed E-state index contributed by atoms with van der Waals surface area (Å²) in [5.74, 6) is 0. The molecular weight excluding hydrogens is 546 g/mol. The van der Waals surface area contributed by atoms with Crippen LogP contribution >= 0.6 is 21.6 Å². The van der Waals surface area contributed by atoms with Crippen LogP contribution in [0, 0.1) is 22.7 Å². The molecule has 0 fully saturated rings. The van der Waals surface area contributed by atoms with Gasteiger partial charge in [-0.25, -0.2) is 0 Å². The fourth-order valence-electron chi connectivity index (χ4n) is 3.77. The van der Waals surface area contributed by atoms with Crippen LogP contribution in [0.1, 0.15) is 11.1 Å². The van der Waals surface area contributed by atoms with E-state index in [1.165, 1.54) is 0 Å². The van der Waals surface area contributed by atoms with Crippen molar-refractivity contribution in [1.29, 1.82) is 10.5 Å². The van der Waals surface area contributed by atoms with Gasteiger partial charge < -0.3 is 10.6 Å². The van der Waals surface area contributed by atoms with E-state index in [9.17, 15) is 36.9 Å². The average molecular weight is 563 g/mol. The first-order valence-electron chi connectivity index (χ1n) is 10.8. The predicted octanol–water partition coefficient (Wildman–Crippen LogP) is 7.07. The zero-order valence-electron chi connectivity index (χ0n) is 19.1. The Kier molecular flexibility index (Phi) is 7.86. The van der Waals surface area contributed by atoms with Gasteiger partial charge in [0.1, 0.15) is 10.7 Å². The van der Waals surface area contributed by atoms with Crippen LogP contribution in [0.2, 0.25) is 0 Å². The summed E-state index contributed by atoms with van der Waals surface area (Å²) in [6, 6.07) is 19.5. The van der Waals surface area contributed by atoms with Crippen molar-refractivity contribution in [1.82, 2.24) is 10.6 Å². The number of hydrogen-bond acceptors (Lipinski definition) is 6. The maximum absolute atomic E-state index is 13.9. The Bertz CT molecular complexity index is 1300. The van der Waals surface area contributed by atoms with Crippen LogP contribution < -0.4 is 10.6 Å². The van der Waals surface area contributed by atoms with E-state index < -0.39 is 45.4 Å². The lowest BCUT2D eigenvalue weighted by molar-refractivity contribution is -0.0899. The summed E-state index contributed by atoms with van der Waals surface area (Å²) in [7, 11) is 1.45. The van der Waals surface area contributed by atoms with Crippen LogP contribution in [0.15, 0.2) is 95.1 Å². The lowest BCUT2D eigenvalue weighted by Crippen LogP contribution is -2.35. The van der Waals surface area contributed by atoms with Gasteiger partial charge in [-0.15, -0.1) is 0 Å². The number of allylic oxidation sites excluding steroid dienone is 4. The third-order valence-electron chi connectivity index (χ3n) is 5.52.